The first kappa shape index (κ1) is 15.2. The van der Waals surface area contributed by atoms with Crippen molar-refractivity contribution in [3.63, 3.8) is 0 Å². The number of carbonyl (C=O) groups is 1. The summed E-state index contributed by atoms with van der Waals surface area (Å²) in [6.07, 6.45) is 2.49. The van der Waals surface area contributed by atoms with Crippen molar-refractivity contribution in [2.24, 2.45) is 0 Å². The first-order valence-corrected chi connectivity index (χ1v) is 7.11. The average Bonchev–Trinajstić information content (AvgIpc) is 2.26. The molecule has 1 aromatic carbocycles. The molecule has 0 saturated heterocycles. The van der Waals surface area contributed by atoms with Crippen LogP contribution in [0.25, 0.3) is 6.08 Å². The van der Waals surface area contributed by atoms with Crippen molar-refractivity contribution in [1.29, 1.82) is 0 Å². The Morgan fingerprint density at radius 2 is 2.11 bits per heavy atom. The average molecular weight is 284 g/mol. The molecule has 0 heterocycles. The summed E-state index contributed by atoms with van der Waals surface area (Å²) < 4.78 is 27.7. The van der Waals surface area contributed by atoms with Crippen molar-refractivity contribution in [3.05, 3.63) is 35.4 Å². The fraction of sp³-hybridized carbons (Fsp3) is 0.250. The van der Waals surface area contributed by atoms with Gasteiger partial charge >= 0.3 is 5.97 Å². The van der Waals surface area contributed by atoms with Crippen LogP contribution in [0.5, 0.6) is 0 Å². The predicted molar refractivity (Wildman–Crippen MR) is 74.1 cm³/mol. The topological polar surface area (TPSA) is 95.5 Å². The van der Waals surface area contributed by atoms with E-state index >= 15 is 0 Å². The molecule has 3 N–H and O–H groups in total. The Bertz CT molecular complexity index is 594. The van der Waals surface area contributed by atoms with E-state index in [9.17, 15) is 13.2 Å². The number of anilines is 1. The number of carboxylic acids is 1. The van der Waals surface area contributed by atoms with Gasteiger partial charge in [0.15, 0.2) is 0 Å². The van der Waals surface area contributed by atoms with Crippen molar-refractivity contribution < 1.29 is 18.3 Å². The summed E-state index contributed by atoms with van der Waals surface area (Å²) in [5, 5.41) is 8.55. The van der Waals surface area contributed by atoms with E-state index in [0.29, 0.717) is 17.8 Å². The van der Waals surface area contributed by atoms with Gasteiger partial charge in [-0.2, -0.15) is 13.1 Å². The highest BCUT2D eigenvalue weighted by atomic mass is 32.2. The van der Waals surface area contributed by atoms with E-state index in [0.717, 1.165) is 11.6 Å². The molecule has 0 fully saturated rings. The van der Waals surface area contributed by atoms with Crippen LogP contribution in [0.1, 0.15) is 18.1 Å². The molecular weight excluding hydrogens is 268 g/mol. The van der Waals surface area contributed by atoms with Crippen LogP contribution in [-0.2, 0) is 15.0 Å². The summed E-state index contributed by atoms with van der Waals surface area (Å²) in [4.78, 5) is 10.4. The normalized spacial score (nSPS) is 11.7. The van der Waals surface area contributed by atoms with Crippen molar-refractivity contribution in [2.75, 3.05) is 11.3 Å². The second-order valence-corrected chi connectivity index (χ2v) is 5.35. The Labute approximate surface area is 112 Å². The van der Waals surface area contributed by atoms with Gasteiger partial charge in [-0.3, -0.25) is 4.72 Å². The molecule has 0 aliphatic carbocycles. The van der Waals surface area contributed by atoms with E-state index in [1.807, 2.05) is 0 Å². The lowest BCUT2D eigenvalue weighted by molar-refractivity contribution is -0.131. The van der Waals surface area contributed by atoms with E-state index in [2.05, 4.69) is 9.44 Å². The number of hydrogen-bond acceptors (Lipinski definition) is 3. The van der Waals surface area contributed by atoms with Crippen LogP contribution in [0.4, 0.5) is 5.69 Å². The Hall–Kier alpha value is -1.86. The molecule has 0 aliphatic rings. The second kappa shape index (κ2) is 6.35. The quantitative estimate of drug-likeness (QED) is 0.687. The molecule has 7 heteroatoms. The number of aliphatic carboxylic acids is 1. The molecule has 6 nitrogen and oxygen atoms in total. The fourth-order valence-corrected chi connectivity index (χ4v) is 2.36. The van der Waals surface area contributed by atoms with Gasteiger partial charge in [0.2, 0.25) is 0 Å². The maximum Gasteiger partial charge on any atom is 0.328 e. The van der Waals surface area contributed by atoms with Crippen LogP contribution in [0.3, 0.4) is 0 Å². The molecule has 0 aliphatic heterocycles. The highest BCUT2D eigenvalue weighted by Gasteiger charge is 2.08. The Morgan fingerprint density at radius 1 is 1.42 bits per heavy atom. The van der Waals surface area contributed by atoms with Crippen LogP contribution in [0, 0.1) is 6.92 Å². The summed E-state index contributed by atoms with van der Waals surface area (Å²) >= 11 is 0. The maximum atomic E-state index is 11.5. The first-order chi connectivity index (χ1) is 8.84. The van der Waals surface area contributed by atoms with E-state index in [-0.39, 0.29) is 0 Å². The minimum Gasteiger partial charge on any atom is -0.478 e. The first-order valence-electron chi connectivity index (χ1n) is 5.63. The molecule has 0 aromatic heterocycles. The summed E-state index contributed by atoms with van der Waals surface area (Å²) in [6.45, 7) is 3.75. The van der Waals surface area contributed by atoms with Crippen LogP contribution in [0.2, 0.25) is 0 Å². The van der Waals surface area contributed by atoms with Crippen molar-refractivity contribution >= 4 is 27.9 Å². The highest BCUT2D eigenvalue weighted by Crippen LogP contribution is 2.17. The van der Waals surface area contributed by atoms with Crippen LogP contribution >= 0.6 is 0 Å². The van der Waals surface area contributed by atoms with Crippen LogP contribution in [-0.4, -0.2) is 26.0 Å². The summed E-state index contributed by atoms with van der Waals surface area (Å²) in [5.74, 6) is -1.03. The zero-order chi connectivity index (χ0) is 14.5. The van der Waals surface area contributed by atoms with Gasteiger partial charge in [-0.25, -0.2) is 4.79 Å². The van der Waals surface area contributed by atoms with Crippen LogP contribution < -0.4 is 9.44 Å². The molecule has 0 spiro atoms. The molecule has 19 heavy (non-hydrogen) atoms. The van der Waals surface area contributed by atoms with Gasteiger partial charge in [0.25, 0.3) is 10.2 Å². The van der Waals surface area contributed by atoms with Gasteiger partial charge in [0.05, 0.1) is 5.69 Å². The molecular formula is C12H16N2O4S. The van der Waals surface area contributed by atoms with E-state index in [1.54, 1.807) is 32.0 Å². The van der Waals surface area contributed by atoms with Gasteiger partial charge in [-0.15, -0.1) is 0 Å². The lowest BCUT2D eigenvalue weighted by Crippen LogP contribution is -2.29. The monoisotopic (exact) mass is 284 g/mol. The van der Waals surface area contributed by atoms with Gasteiger partial charge in [-0.05, 0) is 36.3 Å². The molecule has 0 atom stereocenters. The van der Waals surface area contributed by atoms with Gasteiger partial charge in [0.1, 0.15) is 0 Å². The Morgan fingerprint density at radius 3 is 2.63 bits per heavy atom. The standard InChI is InChI=1S/C12H16N2O4S/c1-3-13-19(17,18)14-11-6-4-10(9(2)8-11)5-7-12(15)16/h4-8,13-14H,3H2,1-2H3,(H,15,16)/b7-5+. The molecule has 0 amide bonds. The smallest absolute Gasteiger partial charge is 0.328 e. The zero-order valence-corrected chi connectivity index (χ0v) is 11.5. The lowest BCUT2D eigenvalue weighted by Gasteiger charge is -2.09. The molecule has 0 unspecified atom stereocenters. The molecule has 104 valence electrons. The van der Waals surface area contributed by atoms with Gasteiger partial charge in [0, 0.05) is 12.6 Å². The number of nitrogens with one attached hydrogen (secondary N) is 2. The summed E-state index contributed by atoms with van der Waals surface area (Å²) in [7, 11) is -3.55. The summed E-state index contributed by atoms with van der Waals surface area (Å²) in [5.41, 5.74) is 1.91. The van der Waals surface area contributed by atoms with Gasteiger partial charge in [-0.1, -0.05) is 13.0 Å². The third-order valence-electron chi connectivity index (χ3n) is 2.26. The number of benzene rings is 1. The van der Waals surface area contributed by atoms with Crippen molar-refractivity contribution in [3.8, 4) is 0 Å². The molecule has 0 bridgehead atoms. The third kappa shape index (κ3) is 5.11. The number of hydrogen-bond donors (Lipinski definition) is 3. The minimum atomic E-state index is -3.55. The van der Waals surface area contributed by atoms with E-state index in [4.69, 9.17) is 5.11 Å². The molecule has 1 aromatic rings. The van der Waals surface area contributed by atoms with E-state index in [1.165, 1.54) is 6.08 Å². The second-order valence-electron chi connectivity index (χ2n) is 3.85. The lowest BCUT2D eigenvalue weighted by atomic mass is 10.1. The fourth-order valence-electron chi connectivity index (χ4n) is 1.47. The largest absolute Gasteiger partial charge is 0.478 e. The Balaban J connectivity index is 2.91. The Kier molecular flexibility index (Phi) is 5.08. The number of carboxylic acid groups (broad SMARTS) is 1. The van der Waals surface area contributed by atoms with E-state index < -0.39 is 16.2 Å². The molecule has 0 radical (unpaired) electrons. The zero-order valence-electron chi connectivity index (χ0n) is 10.7. The minimum absolute atomic E-state index is 0.299. The third-order valence-corrected chi connectivity index (χ3v) is 3.43. The van der Waals surface area contributed by atoms with Crippen LogP contribution in [0.15, 0.2) is 24.3 Å². The molecule has 0 saturated carbocycles. The SMILES string of the molecule is CCNS(=O)(=O)Nc1ccc(/C=C/C(=O)O)c(C)c1. The number of rotatable bonds is 6. The maximum absolute atomic E-state index is 11.5. The predicted octanol–water partition coefficient (Wildman–Crippen LogP) is 1.36. The van der Waals surface area contributed by atoms with Gasteiger partial charge < -0.3 is 5.11 Å². The van der Waals surface area contributed by atoms with Crippen molar-refractivity contribution in [1.82, 2.24) is 4.72 Å². The number of aryl methyl sites for hydroxylation is 1. The highest BCUT2D eigenvalue weighted by molar-refractivity contribution is 7.90. The van der Waals surface area contributed by atoms with Crippen molar-refractivity contribution in [2.45, 2.75) is 13.8 Å². The summed E-state index contributed by atoms with van der Waals surface area (Å²) in [6, 6.07) is 4.86. The molecule has 1 rings (SSSR count).